The Morgan fingerprint density at radius 2 is 1.81 bits per heavy atom. The van der Waals surface area contributed by atoms with E-state index in [2.05, 4.69) is 58.3 Å². The molecule has 0 saturated carbocycles. The lowest BCUT2D eigenvalue weighted by Gasteiger charge is -2.15. The Kier molecular flexibility index (Phi) is 6.45. The molecule has 1 aliphatic rings. The van der Waals surface area contributed by atoms with Gasteiger partial charge in [0.2, 0.25) is 5.95 Å². The molecule has 3 rings (SSSR count). The molecule has 1 aromatic carbocycles. The summed E-state index contributed by atoms with van der Waals surface area (Å²) in [6, 6.07) is 11.3. The van der Waals surface area contributed by atoms with Crippen LogP contribution in [0.4, 0.5) is 11.8 Å². The fourth-order valence-corrected chi connectivity index (χ4v) is 3.61. The van der Waals surface area contributed by atoms with Gasteiger partial charge in [-0.1, -0.05) is 37.6 Å². The highest BCUT2D eigenvalue weighted by Crippen LogP contribution is 2.17. The van der Waals surface area contributed by atoms with Crippen LogP contribution >= 0.6 is 0 Å². The molecule has 0 spiro atoms. The summed E-state index contributed by atoms with van der Waals surface area (Å²) in [5.41, 5.74) is 9.50. The summed E-state index contributed by atoms with van der Waals surface area (Å²) in [4.78, 5) is 11.2. The number of nitrogen functional groups attached to an aromatic ring is 1. The summed E-state index contributed by atoms with van der Waals surface area (Å²) >= 11 is 0. The Hall–Kier alpha value is -2.14. The topological polar surface area (TPSA) is 67.1 Å². The lowest BCUT2D eigenvalue weighted by Crippen LogP contribution is -2.18. The predicted molar refractivity (Wildman–Crippen MR) is 108 cm³/mol. The molecule has 1 atom stereocenters. The molecule has 0 aliphatic carbocycles. The van der Waals surface area contributed by atoms with Crippen molar-refractivity contribution in [2.75, 3.05) is 24.1 Å². The van der Waals surface area contributed by atoms with Crippen LogP contribution in [0.2, 0.25) is 0 Å². The molecule has 0 unspecified atom stereocenters. The maximum atomic E-state index is 5.91. The first-order valence-corrected chi connectivity index (χ1v) is 9.82. The van der Waals surface area contributed by atoms with Crippen LogP contribution in [-0.2, 0) is 13.0 Å². The zero-order chi connectivity index (χ0) is 18.4. The number of nitrogens with zero attached hydrogens (tertiary/aromatic N) is 3. The standard InChI is InChI=1S/C21H31N5/c1-3-6-16(2)23-20-14-19(24-21(22)25-20)13-17-7-9-18(10-8-17)15-26-11-4-5-12-26/h7-10,14,16H,3-6,11-13,15H2,1-2H3,(H3,22,23,24,25)/t16-/m1/s1. The minimum Gasteiger partial charge on any atom is -0.368 e. The van der Waals surface area contributed by atoms with E-state index >= 15 is 0 Å². The van der Waals surface area contributed by atoms with E-state index in [0.29, 0.717) is 12.0 Å². The van der Waals surface area contributed by atoms with Crippen molar-refractivity contribution < 1.29 is 0 Å². The monoisotopic (exact) mass is 353 g/mol. The quantitative estimate of drug-likeness (QED) is 0.754. The summed E-state index contributed by atoms with van der Waals surface area (Å²) in [5, 5.41) is 3.42. The van der Waals surface area contributed by atoms with Crippen molar-refractivity contribution in [2.45, 2.75) is 58.5 Å². The zero-order valence-corrected chi connectivity index (χ0v) is 16.0. The molecule has 2 heterocycles. The third kappa shape index (κ3) is 5.43. The van der Waals surface area contributed by atoms with Crippen LogP contribution in [0.5, 0.6) is 0 Å². The molecule has 1 fully saturated rings. The molecule has 1 aromatic heterocycles. The van der Waals surface area contributed by atoms with Crippen molar-refractivity contribution in [1.82, 2.24) is 14.9 Å². The number of hydrogen-bond acceptors (Lipinski definition) is 5. The largest absolute Gasteiger partial charge is 0.368 e. The number of likely N-dealkylation sites (tertiary alicyclic amines) is 1. The zero-order valence-electron chi connectivity index (χ0n) is 16.0. The number of rotatable bonds is 8. The van der Waals surface area contributed by atoms with Crippen LogP contribution in [0, 0.1) is 0 Å². The molecule has 1 aliphatic heterocycles. The van der Waals surface area contributed by atoms with Crippen molar-refractivity contribution >= 4 is 11.8 Å². The third-order valence-corrected chi connectivity index (χ3v) is 4.93. The molecule has 0 radical (unpaired) electrons. The first kappa shape index (κ1) is 18.6. The van der Waals surface area contributed by atoms with Crippen LogP contribution in [0.25, 0.3) is 0 Å². The van der Waals surface area contributed by atoms with E-state index in [1.54, 1.807) is 0 Å². The van der Waals surface area contributed by atoms with Gasteiger partial charge in [0.05, 0.1) is 5.69 Å². The Morgan fingerprint density at radius 1 is 1.12 bits per heavy atom. The van der Waals surface area contributed by atoms with E-state index < -0.39 is 0 Å². The average Bonchev–Trinajstić information content (AvgIpc) is 3.09. The maximum absolute atomic E-state index is 5.91. The normalized spacial score (nSPS) is 15.9. The van der Waals surface area contributed by atoms with E-state index in [4.69, 9.17) is 5.73 Å². The van der Waals surface area contributed by atoms with Gasteiger partial charge in [0, 0.05) is 25.1 Å². The van der Waals surface area contributed by atoms with E-state index in [0.717, 1.165) is 37.3 Å². The summed E-state index contributed by atoms with van der Waals surface area (Å²) in [6.07, 6.45) is 5.69. The first-order valence-electron chi connectivity index (χ1n) is 9.82. The number of benzene rings is 1. The summed E-state index contributed by atoms with van der Waals surface area (Å²) in [5.74, 6) is 1.15. The second-order valence-electron chi connectivity index (χ2n) is 7.41. The van der Waals surface area contributed by atoms with Crippen LogP contribution in [-0.4, -0.2) is 34.0 Å². The minimum atomic E-state index is 0.333. The maximum Gasteiger partial charge on any atom is 0.222 e. The van der Waals surface area contributed by atoms with Crippen molar-refractivity contribution in [1.29, 1.82) is 0 Å². The van der Waals surface area contributed by atoms with Crippen molar-refractivity contribution in [3.05, 3.63) is 47.2 Å². The van der Waals surface area contributed by atoms with Crippen molar-refractivity contribution in [3.63, 3.8) is 0 Å². The molecule has 1 saturated heterocycles. The van der Waals surface area contributed by atoms with E-state index in [1.807, 2.05) is 6.07 Å². The van der Waals surface area contributed by atoms with Gasteiger partial charge in [-0.15, -0.1) is 0 Å². The van der Waals surface area contributed by atoms with Gasteiger partial charge in [-0.2, -0.15) is 4.98 Å². The number of nitrogens with one attached hydrogen (secondary N) is 1. The second kappa shape index (κ2) is 8.99. The number of hydrogen-bond donors (Lipinski definition) is 2. The molecule has 0 amide bonds. The smallest absolute Gasteiger partial charge is 0.222 e. The van der Waals surface area contributed by atoms with Gasteiger partial charge in [0.25, 0.3) is 0 Å². The molecule has 140 valence electrons. The van der Waals surface area contributed by atoms with E-state index in [-0.39, 0.29) is 0 Å². The molecule has 3 N–H and O–H groups in total. The van der Waals surface area contributed by atoms with Crippen LogP contribution in [0.15, 0.2) is 30.3 Å². The SMILES string of the molecule is CCC[C@@H](C)Nc1cc(Cc2ccc(CN3CCCC3)cc2)nc(N)n1. The van der Waals surface area contributed by atoms with Gasteiger partial charge in [-0.05, 0) is 50.4 Å². The molecular formula is C21H31N5. The minimum absolute atomic E-state index is 0.333. The summed E-state index contributed by atoms with van der Waals surface area (Å²) < 4.78 is 0. The molecule has 5 heteroatoms. The Balaban J connectivity index is 1.63. The Labute approximate surface area is 157 Å². The van der Waals surface area contributed by atoms with E-state index in [9.17, 15) is 0 Å². The van der Waals surface area contributed by atoms with Gasteiger partial charge < -0.3 is 11.1 Å². The van der Waals surface area contributed by atoms with Gasteiger partial charge >= 0.3 is 0 Å². The number of aromatic nitrogens is 2. The third-order valence-electron chi connectivity index (χ3n) is 4.93. The molecule has 0 bridgehead atoms. The second-order valence-corrected chi connectivity index (χ2v) is 7.41. The predicted octanol–water partition coefficient (Wildman–Crippen LogP) is 3.85. The van der Waals surface area contributed by atoms with Gasteiger partial charge in [0.15, 0.2) is 0 Å². The molecule has 26 heavy (non-hydrogen) atoms. The van der Waals surface area contributed by atoms with E-state index in [1.165, 1.54) is 37.1 Å². The highest BCUT2D eigenvalue weighted by atomic mass is 15.1. The van der Waals surface area contributed by atoms with Crippen molar-refractivity contribution in [2.24, 2.45) is 0 Å². The summed E-state index contributed by atoms with van der Waals surface area (Å²) in [7, 11) is 0. The Morgan fingerprint density at radius 3 is 2.50 bits per heavy atom. The van der Waals surface area contributed by atoms with Gasteiger partial charge in [-0.3, -0.25) is 4.90 Å². The summed E-state index contributed by atoms with van der Waals surface area (Å²) in [6.45, 7) is 7.87. The fraction of sp³-hybridized carbons (Fsp3) is 0.524. The Bertz CT molecular complexity index is 692. The highest BCUT2D eigenvalue weighted by molar-refractivity contribution is 5.42. The number of nitrogens with two attached hydrogens (primary N) is 1. The lowest BCUT2D eigenvalue weighted by atomic mass is 10.1. The van der Waals surface area contributed by atoms with Crippen LogP contribution in [0.1, 0.15) is 56.4 Å². The average molecular weight is 354 g/mol. The van der Waals surface area contributed by atoms with Crippen LogP contribution in [0.3, 0.4) is 0 Å². The number of anilines is 2. The molecule has 2 aromatic rings. The lowest BCUT2D eigenvalue weighted by molar-refractivity contribution is 0.331. The van der Waals surface area contributed by atoms with Gasteiger partial charge in [0.1, 0.15) is 5.82 Å². The fourth-order valence-electron chi connectivity index (χ4n) is 3.61. The van der Waals surface area contributed by atoms with Crippen molar-refractivity contribution in [3.8, 4) is 0 Å². The first-order chi connectivity index (χ1) is 12.6. The van der Waals surface area contributed by atoms with Gasteiger partial charge in [-0.25, -0.2) is 4.98 Å². The van der Waals surface area contributed by atoms with Crippen LogP contribution < -0.4 is 11.1 Å². The molecular weight excluding hydrogens is 322 g/mol. The molecule has 5 nitrogen and oxygen atoms in total. The highest BCUT2D eigenvalue weighted by Gasteiger charge is 2.12.